The number of benzene rings is 3. The number of halogens is 2. The molecule has 0 unspecified atom stereocenters. The van der Waals surface area contributed by atoms with Crippen LogP contribution in [0.3, 0.4) is 0 Å². The summed E-state index contributed by atoms with van der Waals surface area (Å²) < 4.78 is 16.5. The van der Waals surface area contributed by atoms with Gasteiger partial charge in [-0.05, 0) is 17.7 Å². The molecule has 0 aliphatic carbocycles. The molecule has 0 radical (unpaired) electrons. The van der Waals surface area contributed by atoms with E-state index >= 15 is 0 Å². The van der Waals surface area contributed by atoms with Gasteiger partial charge < -0.3 is 14.2 Å². The number of ether oxygens (including phenoxy) is 3. The molecule has 0 fully saturated rings. The van der Waals surface area contributed by atoms with Crippen molar-refractivity contribution in [2.75, 3.05) is 21.3 Å². The van der Waals surface area contributed by atoms with Crippen molar-refractivity contribution >= 4 is 39.9 Å². The normalized spacial score (nSPS) is 10.8. The minimum atomic E-state index is -0.0768. The Labute approximate surface area is 213 Å². The van der Waals surface area contributed by atoms with Crippen LogP contribution in [0.15, 0.2) is 61.3 Å². The number of hydrogen-bond donors (Lipinski definition) is 0. The first-order valence-electron chi connectivity index (χ1n) is 10.6. The molecule has 0 saturated heterocycles. The summed E-state index contributed by atoms with van der Waals surface area (Å²) in [4.78, 5) is 21.3. The van der Waals surface area contributed by atoms with Gasteiger partial charge in [0.2, 0.25) is 0 Å². The van der Waals surface area contributed by atoms with Gasteiger partial charge in [0.15, 0.2) is 11.6 Å². The lowest BCUT2D eigenvalue weighted by Crippen LogP contribution is -2.02. The molecule has 0 atom stereocenters. The lowest BCUT2D eigenvalue weighted by molar-refractivity contribution is -0.114. The van der Waals surface area contributed by atoms with Crippen molar-refractivity contribution in [2.45, 2.75) is 6.42 Å². The molecule has 8 heteroatoms. The Balaban J connectivity index is 1.89. The van der Waals surface area contributed by atoms with Crippen LogP contribution in [-0.2, 0) is 11.2 Å². The molecule has 4 aromatic rings. The molecule has 35 heavy (non-hydrogen) atoms. The molecular formula is C27H22Cl2N2O4. The van der Waals surface area contributed by atoms with Crippen LogP contribution in [0.2, 0.25) is 10.0 Å². The Bertz CT molecular complexity index is 1430. The second-order valence-corrected chi connectivity index (χ2v) is 8.35. The van der Waals surface area contributed by atoms with Gasteiger partial charge >= 0.3 is 0 Å². The van der Waals surface area contributed by atoms with Gasteiger partial charge in [-0.25, -0.2) is 9.97 Å². The monoisotopic (exact) mass is 508 g/mol. The Morgan fingerprint density at radius 1 is 0.943 bits per heavy atom. The fraction of sp³-hybridized carbons (Fsp3) is 0.148. The summed E-state index contributed by atoms with van der Waals surface area (Å²) in [6, 6.07) is 12.8. The molecule has 0 spiro atoms. The fourth-order valence-electron chi connectivity index (χ4n) is 3.83. The average molecular weight is 509 g/mol. The molecule has 0 amide bonds. The Hall–Kier alpha value is -3.61. The van der Waals surface area contributed by atoms with E-state index in [4.69, 9.17) is 42.4 Å². The topological polar surface area (TPSA) is 70.5 Å². The molecule has 4 rings (SSSR count). The van der Waals surface area contributed by atoms with E-state index in [0.29, 0.717) is 49.8 Å². The van der Waals surface area contributed by atoms with Crippen LogP contribution >= 0.6 is 23.2 Å². The second-order valence-electron chi connectivity index (χ2n) is 7.59. The van der Waals surface area contributed by atoms with Crippen molar-refractivity contribution in [2.24, 2.45) is 0 Å². The molecule has 0 N–H and O–H groups in total. The van der Waals surface area contributed by atoms with Gasteiger partial charge in [0.05, 0.1) is 36.9 Å². The minimum absolute atomic E-state index is 0.0768. The number of methoxy groups -OCH3 is 3. The molecule has 1 aromatic heterocycles. The zero-order valence-electron chi connectivity index (χ0n) is 19.4. The largest absolute Gasteiger partial charge is 0.496 e. The highest BCUT2D eigenvalue weighted by Crippen LogP contribution is 2.49. The van der Waals surface area contributed by atoms with Crippen LogP contribution in [0.1, 0.15) is 5.56 Å². The van der Waals surface area contributed by atoms with E-state index in [2.05, 4.69) is 11.6 Å². The lowest BCUT2D eigenvalue weighted by atomic mass is 10.00. The van der Waals surface area contributed by atoms with Gasteiger partial charge in [0.25, 0.3) is 0 Å². The molecule has 178 valence electrons. The van der Waals surface area contributed by atoms with Crippen molar-refractivity contribution in [3.8, 4) is 39.8 Å². The Kier molecular flexibility index (Phi) is 7.24. The Morgan fingerprint density at radius 2 is 1.60 bits per heavy atom. The van der Waals surface area contributed by atoms with E-state index in [9.17, 15) is 4.79 Å². The van der Waals surface area contributed by atoms with Gasteiger partial charge in [0, 0.05) is 46.8 Å². The standard InChI is InChI=1S/C27H22Cl2N2O4/c1-5-17(32)10-15-8-6-7-9-18(15)27-30-14-16-11-19(21(33-2)12-20(16)31-27)24-25(28)22(34-3)13-23(35-4)26(24)29/h5-9,11-14H,1,10H2,2-4H3. The third kappa shape index (κ3) is 4.67. The fourth-order valence-corrected chi connectivity index (χ4v) is 4.53. The van der Waals surface area contributed by atoms with Crippen molar-refractivity contribution in [3.05, 3.63) is 76.9 Å². The summed E-state index contributed by atoms with van der Waals surface area (Å²) in [5, 5.41) is 1.40. The molecule has 3 aromatic carbocycles. The molecule has 1 heterocycles. The number of carbonyl (C=O) groups is 1. The van der Waals surface area contributed by atoms with Gasteiger partial charge in [-0.2, -0.15) is 0 Å². The number of nitrogens with zero attached hydrogens (tertiary/aromatic N) is 2. The number of ketones is 1. The van der Waals surface area contributed by atoms with Gasteiger partial charge in [-0.1, -0.05) is 54.0 Å². The third-order valence-electron chi connectivity index (χ3n) is 5.59. The van der Waals surface area contributed by atoms with Crippen LogP contribution in [0.4, 0.5) is 0 Å². The summed E-state index contributed by atoms with van der Waals surface area (Å²) in [7, 11) is 4.60. The summed E-state index contributed by atoms with van der Waals surface area (Å²) >= 11 is 13.3. The van der Waals surface area contributed by atoms with E-state index in [1.807, 2.05) is 30.3 Å². The van der Waals surface area contributed by atoms with E-state index in [-0.39, 0.29) is 12.2 Å². The molecule has 6 nitrogen and oxygen atoms in total. The summed E-state index contributed by atoms with van der Waals surface area (Å²) in [5.74, 6) is 1.77. The molecule has 0 aliphatic heterocycles. The molecule has 0 aliphatic rings. The van der Waals surface area contributed by atoms with Gasteiger partial charge in [-0.3, -0.25) is 4.79 Å². The maximum absolute atomic E-state index is 12.0. The first kappa shape index (κ1) is 24.5. The van der Waals surface area contributed by atoms with Crippen molar-refractivity contribution in [1.82, 2.24) is 9.97 Å². The highest BCUT2D eigenvalue weighted by atomic mass is 35.5. The van der Waals surface area contributed by atoms with Crippen molar-refractivity contribution in [1.29, 1.82) is 0 Å². The predicted octanol–water partition coefficient (Wildman–Crippen LogP) is 6.59. The second kappa shape index (κ2) is 10.3. The number of carbonyl (C=O) groups excluding carboxylic acids is 1. The van der Waals surface area contributed by atoms with Crippen LogP contribution in [0.25, 0.3) is 33.4 Å². The third-order valence-corrected chi connectivity index (χ3v) is 6.35. The molecule has 0 saturated carbocycles. The van der Waals surface area contributed by atoms with E-state index in [1.54, 1.807) is 25.4 Å². The van der Waals surface area contributed by atoms with Gasteiger partial charge in [0.1, 0.15) is 17.2 Å². The average Bonchev–Trinajstić information content (AvgIpc) is 2.88. The lowest BCUT2D eigenvalue weighted by Gasteiger charge is -2.17. The van der Waals surface area contributed by atoms with E-state index < -0.39 is 0 Å². The van der Waals surface area contributed by atoms with Crippen LogP contribution < -0.4 is 14.2 Å². The maximum Gasteiger partial charge on any atom is 0.160 e. The smallest absolute Gasteiger partial charge is 0.160 e. The number of hydrogen-bond acceptors (Lipinski definition) is 6. The van der Waals surface area contributed by atoms with Gasteiger partial charge in [-0.15, -0.1) is 0 Å². The maximum atomic E-state index is 12.0. The first-order valence-corrected chi connectivity index (χ1v) is 11.4. The molecule has 0 bridgehead atoms. The summed E-state index contributed by atoms with van der Waals surface area (Å²) in [5.41, 5.74) is 3.40. The van der Waals surface area contributed by atoms with E-state index in [0.717, 1.165) is 16.5 Å². The summed E-state index contributed by atoms with van der Waals surface area (Å²) in [6.07, 6.45) is 3.25. The van der Waals surface area contributed by atoms with Crippen LogP contribution in [0, 0.1) is 0 Å². The quantitative estimate of drug-likeness (QED) is 0.250. The number of allylic oxidation sites excluding steroid dienone is 1. The highest BCUT2D eigenvalue weighted by Gasteiger charge is 2.22. The van der Waals surface area contributed by atoms with Crippen molar-refractivity contribution < 1.29 is 19.0 Å². The minimum Gasteiger partial charge on any atom is -0.496 e. The van der Waals surface area contributed by atoms with Crippen molar-refractivity contribution in [3.63, 3.8) is 0 Å². The predicted molar refractivity (Wildman–Crippen MR) is 139 cm³/mol. The zero-order chi connectivity index (χ0) is 25.1. The number of rotatable bonds is 8. The van der Waals surface area contributed by atoms with E-state index in [1.165, 1.54) is 20.3 Å². The first-order chi connectivity index (χ1) is 16.9. The zero-order valence-corrected chi connectivity index (χ0v) is 20.9. The Morgan fingerprint density at radius 3 is 2.23 bits per heavy atom. The number of aromatic nitrogens is 2. The van der Waals surface area contributed by atoms with Crippen LogP contribution in [0.5, 0.6) is 17.2 Å². The highest BCUT2D eigenvalue weighted by molar-refractivity contribution is 6.41. The van der Waals surface area contributed by atoms with Crippen LogP contribution in [-0.4, -0.2) is 37.1 Å². The number of fused-ring (bicyclic) bond motifs is 1. The summed E-state index contributed by atoms with van der Waals surface area (Å²) in [6.45, 7) is 3.56. The molecular weight excluding hydrogens is 487 g/mol. The SMILES string of the molecule is C=CC(=O)Cc1ccccc1-c1ncc2cc(-c3c(Cl)c(OC)cc(OC)c3Cl)c(OC)cc2n1.